The van der Waals surface area contributed by atoms with Crippen LogP contribution >= 0.6 is 11.6 Å². The Hall–Kier alpha value is -1.30. The summed E-state index contributed by atoms with van der Waals surface area (Å²) in [6.07, 6.45) is 2.31. The van der Waals surface area contributed by atoms with Gasteiger partial charge in [0.2, 0.25) is 0 Å². The van der Waals surface area contributed by atoms with E-state index in [0.29, 0.717) is 18.1 Å². The van der Waals surface area contributed by atoms with Crippen LogP contribution in [-0.4, -0.2) is 37.4 Å². The normalized spacial score (nSPS) is 22.3. The van der Waals surface area contributed by atoms with Crippen molar-refractivity contribution < 1.29 is 14.6 Å². The van der Waals surface area contributed by atoms with E-state index in [1.165, 1.54) is 0 Å². The molecule has 0 radical (unpaired) electrons. The second-order valence-corrected chi connectivity index (χ2v) is 6.06. The first-order valence-corrected chi connectivity index (χ1v) is 7.96. The van der Waals surface area contributed by atoms with Crippen molar-refractivity contribution >= 4 is 17.6 Å². The van der Waals surface area contributed by atoms with Crippen molar-refractivity contribution in [1.82, 2.24) is 10.6 Å². The fourth-order valence-electron chi connectivity index (χ4n) is 2.74. The minimum Gasteiger partial charge on any atom is -0.393 e. The van der Waals surface area contributed by atoms with Crippen LogP contribution in [0.2, 0.25) is 5.02 Å². The third kappa shape index (κ3) is 4.87. The maximum Gasteiger partial charge on any atom is 0.314 e. The number of benzene rings is 1. The molecule has 0 aromatic heterocycles. The molecule has 122 valence electrons. The fourth-order valence-corrected chi connectivity index (χ4v) is 2.87. The molecule has 3 N–H and O–H groups in total. The number of amides is 2. The van der Waals surface area contributed by atoms with Crippen LogP contribution < -0.4 is 10.6 Å². The molecule has 1 aromatic rings. The predicted octanol–water partition coefficient (Wildman–Crippen LogP) is 2.49. The number of rotatable bonds is 6. The Kier molecular flexibility index (Phi) is 6.49. The van der Waals surface area contributed by atoms with E-state index in [2.05, 4.69) is 10.6 Å². The van der Waals surface area contributed by atoms with Gasteiger partial charge in [-0.25, -0.2) is 4.79 Å². The molecule has 1 aliphatic rings. The van der Waals surface area contributed by atoms with E-state index in [1.54, 1.807) is 19.2 Å². The quantitative estimate of drug-likeness (QED) is 0.752. The fraction of sp³-hybridized carbons (Fsp3) is 0.562. The number of hydrogen-bond donors (Lipinski definition) is 3. The predicted molar refractivity (Wildman–Crippen MR) is 86.0 cm³/mol. The summed E-state index contributed by atoms with van der Waals surface area (Å²) in [5, 5.41) is 16.0. The average Bonchev–Trinajstić information content (AvgIpc) is 2.92. The van der Waals surface area contributed by atoms with Crippen LogP contribution in [-0.2, 0) is 4.74 Å². The highest BCUT2D eigenvalue weighted by atomic mass is 35.5. The molecule has 5 nitrogen and oxygen atoms in total. The van der Waals surface area contributed by atoms with Crippen molar-refractivity contribution in [1.29, 1.82) is 0 Å². The minimum absolute atomic E-state index is 0.167. The molecule has 3 atom stereocenters. The molecule has 1 saturated carbocycles. The van der Waals surface area contributed by atoms with Gasteiger partial charge in [-0.1, -0.05) is 30.2 Å². The van der Waals surface area contributed by atoms with E-state index in [4.69, 9.17) is 16.3 Å². The Morgan fingerprint density at radius 2 is 2.09 bits per heavy atom. The lowest BCUT2D eigenvalue weighted by Crippen LogP contribution is -2.41. The largest absolute Gasteiger partial charge is 0.393 e. The monoisotopic (exact) mass is 326 g/mol. The topological polar surface area (TPSA) is 70.6 Å². The molecule has 1 aliphatic carbocycles. The molecule has 0 unspecified atom stereocenters. The standard InChI is InChI=1S/C16H23ClN2O3/c1-22-15(11-5-7-13(17)8-6-11)10-19-16(21)18-9-12-3-2-4-14(12)20/h5-8,12,14-15,20H,2-4,9-10H2,1H3,(H2,18,19,21)/t12-,14-,15+/m0/s1. The first-order valence-electron chi connectivity index (χ1n) is 7.58. The summed E-state index contributed by atoms with van der Waals surface area (Å²) < 4.78 is 5.40. The molecule has 0 bridgehead atoms. The van der Waals surface area contributed by atoms with Crippen molar-refractivity contribution in [2.24, 2.45) is 5.92 Å². The van der Waals surface area contributed by atoms with Gasteiger partial charge >= 0.3 is 6.03 Å². The van der Waals surface area contributed by atoms with E-state index >= 15 is 0 Å². The van der Waals surface area contributed by atoms with E-state index < -0.39 is 0 Å². The van der Waals surface area contributed by atoms with Gasteiger partial charge in [0.05, 0.1) is 12.2 Å². The lowest BCUT2D eigenvalue weighted by atomic mass is 10.1. The number of halogens is 1. The molecule has 0 heterocycles. The first kappa shape index (κ1) is 17.1. The number of nitrogens with one attached hydrogen (secondary N) is 2. The summed E-state index contributed by atoms with van der Waals surface area (Å²) in [5.41, 5.74) is 0.957. The van der Waals surface area contributed by atoms with Crippen LogP contribution in [0.15, 0.2) is 24.3 Å². The summed E-state index contributed by atoms with van der Waals surface area (Å²) in [7, 11) is 1.60. The minimum atomic E-state index is -0.291. The highest BCUT2D eigenvalue weighted by molar-refractivity contribution is 6.30. The van der Waals surface area contributed by atoms with Gasteiger partial charge in [0.25, 0.3) is 0 Å². The summed E-state index contributed by atoms with van der Waals surface area (Å²) in [4.78, 5) is 11.8. The molecule has 2 rings (SSSR count). The lowest BCUT2D eigenvalue weighted by Gasteiger charge is -2.18. The Balaban J connectivity index is 1.75. The zero-order valence-corrected chi connectivity index (χ0v) is 13.5. The zero-order valence-electron chi connectivity index (χ0n) is 12.7. The molecule has 6 heteroatoms. The van der Waals surface area contributed by atoms with Gasteiger partial charge in [0.15, 0.2) is 0 Å². The first-order chi connectivity index (χ1) is 10.6. The number of aliphatic hydroxyl groups is 1. The summed E-state index contributed by atoms with van der Waals surface area (Å²) in [5.74, 6) is 0.167. The van der Waals surface area contributed by atoms with E-state index in [9.17, 15) is 9.90 Å². The van der Waals surface area contributed by atoms with Gasteiger partial charge in [0.1, 0.15) is 0 Å². The van der Waals surface area contributed by atoms with Crippen LogP contribution in [0.25, 0.3) is 0 Å². The number of carbonyl (C=O) groups is 1. The second-order valence-electron chi connectivity index (χ2n) is 5.63. The Labute approximate surface area is 136 Å². The summed E-state index contributed by atoms with van der Waals surface area (Å²) in [6, 6.07) is 7.11. The maximum absolute atomic E-state index is 11.8. The van der Waals surface area contributed by atoms with Crippen molar-refractivity contribution in [2.45, 2.75) is 31.5 Å². The smallest absolute Gasteiger partial charge is 0.314 e. The van der Waals surface area contributed by atoms with Crippen LogP contribution in [0.1, 0.15) is 30.9 Å². The van der Waals surface area contributed by atoms with E-state index in [1.807, 2.05) is 12.1 Å². The molecular formula is C16H23ClN2O3. The molecule has 22 heavy (non-hydrogen) atoms. The van der Waals surface area contributed by atoms with Crippen LogP contribution in [0.4, 0.5) is 4.79 Å². The molecule has 1 aromatic carbocycles. The third-order valence-corrected chi connectivity index (χ3v) is 4.37. The molecule has 0 aliphatic heterocycles. The molecule has 0 saturated heterocycles. The van der Waals surface area contributed by atoms with Gasteiger partial charge < -0.3 is 20.5 Å². The van der Waals surface area contributed by atoms with Gasteiger partial charge in [-0.2, -0.15) is 0 Å². The molecule has 1 fully saturated rings. The third-order valence-electron chi connectivity index (χ3n) is 4.12. The van der Waals surface area contributed by atoms with E-state index in [0.717, 1.165) is 24.8 Å². The van der Waals surface area contributed by atoms with Gasteiger partial charge in [-0.15, -0.1) is 0 Å². The Morgan fingerprint density at radius 3 is 2.68 bits per heavy atom. The SMILES string of the molecule is CO[C@H](CNC(=O)NC[C@@H]1CCC[C@@H]1O)c1ccc(Cl)cc1. The highest BCUT2D eigenvalue weighted by Crippen LogP contribution is 2.24. The Bertz CT molecular complexity index is 481. The maximum atomic E-state index is 11.8. The number of methoxy groups -OCH3 is 1. The van der Waals surface area contributed by atoms with Crippen molar-refractivity contribution in [2.75, 3.05) is 20.2 Å². The van der Waals surface area contributed by atoms with Gasteiger partial charge in [0, 0.05) is 31.1 Å². The number of aliphatic hydroxyl groups excluding tert-OH is 1. The second kappa shape index (κ2) is 8.36. The number of carbonyl (C=O) groups excluding carboxylic acids is 1. The number of ether oxygens (including phenoxy) is 1. The summed E-state index contributed by atoms with van der Waals surface area (Å²) >= 11 is 5.86. The molecular weight excluding hydrogens is 304 g/mol. The molecule has 0 spiro atoms. The van der Waals surface area contributed by atoms with Crippen LogP contribution in [0.3, 0.4) is 0 Å². The van der Waals surface area contributed by atoms with Gasteiger partial charge in [-0.3, -0.25) is 0 Å². The lowest BCUT2D eigenvalue weighted by molar-refractivity contribution is 0.103. The van der Waals surface area contributed by atoms with Crippen molar-refractivity contribution in [3.63, 3.8) is 0 Å². The highest BCUT2D eigenvalue weighted by Gasteiger charge is 2.25. The van der Waals surface area contributed by atoms with Crippen LogP contribution in [0, 0.1) is 5.92 Å². The van der Waals surface area contributed by atoms with Crippen molar-refractivity contribution in [3.05, 3.63) is 34.9 Å². The Morgan fingerprint density at radius 1 is 1.36 bits per heavy atom. The zero-order chi connectivity index (χ0) is 15.9. The average molecular weight is 327 g/mol. The summed E-state index contributed by atoms with van der Waals surface area (Å²) in [6.45, 7) is 0.878. The van der Waals surface area contributed by atoms with E-state index in [-0.39, 0.29) is 24.2 Å². The molecule has 2 amide bonds. The number of urea groups is 1. The number of hydrogen-bond acceptors (Lipinski definition) is 3. The van der Waals surface area contributed by atoms with Crippen molar-refractivity contribution in [3.8, 4) is 0 Å². The van der Waals surface area contributed by atoms with Crippen LogP contribution in [0.5, 0.6) is 0 Å². The van der Waals surface area contributed by atoms with Gasteiger partial charge in [-0.05, 0) is 30.5 Å².